The van der Waals surface area contributed by atoms with Crippen LogP contribution in [0.5, 0.6) is 0 Å². The molecule has 0 atom stereocenters. The third kappa shape index (κ3) is 2.09. The fourth-order valence-corrected chi connectivity index (χ4v) is 3.66. The molecule has 4 nitrogen and oxygen atoms in total. The Morgan fingerprint density at radius 3 is 2.78 bits per heavy atom. The van der Waals surface area contributed by atoms with Crippen molar-refractivity contribution in [2.24, 2.45) is 5.73 Å². The van der Waals surface area contributed by atoms with Crippen LogP contribution in [0.25, 0.3) is 5.57 Å². The van der Waals surface area contributed by atoms with E-state index in [-0.39, 0.29) is 0 Å². The molecular weight excluding hydrogens is 248 g/mol. The number of nitrogens with one attached hydrogen (secondary N) is 1. The van der Waals surface area contributed by atoms with E-state index in [9.17, 15) is 8.42 Å². The SMILES string of the molecule is NCc1ccc2c(c1)C(CNC1CC1)=CS2(=O)=O. The van der Waals surface area contributed by atoms with Gasteiger partial charge in [0, 0.05) is 24.5 Å². The first kappa shape index (κ1) is 11.9. The zero-order chi connectivity index (χ0) is 12.8. The Kier molecular flexibility index (Phi) is 2.77. The molecule has 3 rings (SSSR count). The summed E-state index contributed by atoms with van der Waals surface area (Å²) in [6, 6.07) is 5.89. The van der Waals surface area contributed by atoms with Gasteiger partial charge in [-0.05, 0) is 41.7 Å². The van der Waals surface area contributed by atoms with Crippen LogP contribution in [-0.2, 0) is 16.4 Å². The van der Waals surface area contributed by atoms with Gasteiger partial charge in [0.25, 0.3) is 0 Å². The van der Waals surface area contributed by atoms with Gasteiger partial charge >= 0.3 is 0 Å². The molecule has 1 aliphatic heterocycles. The molecule has 0 bridgehead atoms. The lowest BCUT2D eigenvalue weighted by molar-refractivity contribution is 0.605. The fraction of sp³-hybridized carbons (Fsp3) is 0.385. The van der Waals surface area contributed by atoms with Crippen LogP contribution in [-0.4, -0.2) is 21.0 Å². The van der Waals surface area contributed by atoms with Gasteiger partial charge in [-0.3, -0.25) is 0 Å². The van der Waals surface area contributed by atoms with Crippen molar-refractivity contribution >= 4 is 15.4 Å². The van der Waals surface area contributed by atoms with Crippen LogP contribution in [0.15, 0.2) is 28.5 Å². The molecule has 1 aromatic carbocycles. The summed E-state index contributed by atoms with van der Waals surface area (Å²) in [5.74, 6) is 0. The second-order valence-corrected chi connectivity index (χ2v) is 6.64. The number of hydrogen-bond acceptors (Lipinski definition) is 4. The van der Waals surface area contributed by atoms with Crippen LogP contribution in [0.2, 0.25) is 0 Å². The van der Waals surface area contributed by atoms with Crippen LogP contribution >= 0.6 is 0 Å². The molecule has 0 aromatic heterocycles. The van der Waals surface area contributed by atoms with E-state index in [1.165, 1.54) is 18.2 Å². The van der Waals surface area contributed by atoms with Crippen LogP contribution in [0, 0.1) is 0 Å². The third-order valence-electron chi connectivity index (χ3n) is 3.39. The average molecular weight is 264 g/mol. The molecule has 1 fully saturated rings. The molecule has 1 aliphatic carbocycles. The summed E-state index contributed by atoms with van der Waals surface area (Å²) in [5.41, 5.74) is 8.23. The molecule has 96 valence electrons. The molecule has 5 heteroatoms. The van der Waals surface area contributed by atoms with Crippen LogP contribution in [0.4, 0.5) is 0 Å². The highest BCUT2D eigenvalue weighted by Gasteiger charge is 2.28. The first-order valence-electron chi connectivity index (χ1n) is 6.12. The molecule has 1 heterocycles. The lowest BCUT2D eigenvalue weighted by Crippen LogP contribution is -2.18. The summed E-state index contributed by atoms with van der Waals surface area (Å²) in [4.78, 5) is 0.410. The monoisotopic (exact) mass is 264 g/mol. The van der Waals surface area contributed by atoms with E-state index in [1.54, 1.807) is 12.1 Å². The number of rotatable bonds is 4. The Labute approximate surface area is 107 Å². The lowest BCUT2D eigenvalue weighted by Gasteiger charge is -2.07. The average Bonchev–Trinajstić information content (AvgIpc) is 3.14. The van der Waals surface area contributed by atoms with Crippen molar-refractivity contribution in [3.63, 3.8) is 0 Å². The number of fused-ring (bicyclic) bond motifs is 1. The molecule has 3 N–H and O–H groups in total. The highest BCUT2D eigenvalue weighted by molar-refractivity contribution is 7.95. The van der Waals surface area contributed by atoms with E-state index in [0.29, 0.717) is 24.0 Å². The Morgan fingerprint density at radius 2 is 2.11 bits per heavy atom. The Morgan fingerprint density at radius 1 is 1.33 bits per heavy atom. The van der Waals surface area contributed by atoms with E-state index in [4.69, 9.17) is 5.73 Å². The minimum absolute atomic E-state index is 0.410. The molecule has 0 saturated heterocycles. The fourth-order valence-electron chi connectivity index (χ4n) is 2.20. The van der Waals surface area contributed by atoms with Crippen molar-refractivity contribution in [1.82, 2.24) is 5.32 Å². The maximum Gasteiger partial charge on any atom is 0.200 e. The number of nitrogens with two attached hydrogens (primary N) is 1. The minimum atomic E-state index is -3.25. The standard InChI is InChI=1S/C13H16N2O2S/c14-6-9-1-4-13-12(5-9)10(8-18(13,16)17)7-15-11-2-3-11/h1,4-5,8,11,15H,2-3,6-7,14H2. The first-order valence-corrected chi connectivity index (χ1v) is 7.67. The van der Waals surface area contributed by atoms with Crippen LogP contribution < -0.4 is 11.1 Å². The van der Waals surface area contributed by atoms with Gasteiger partial charge in [-0.2, -0.15) is 0 Å². The van der Waals surface area contributed by atoms with Gasteiger partial charge in [-0.25, -0.2) is 8.42 Å². The Balaban J connectivity index is 1.96. The van der Waals surface area contributed by atoms with E-state index in [1.807, 2.05) is 6.07 Å². The summed E-state index contributed by atoms with van der Waals surface area (Å²) in [6.45, 7) is 1.04. The highest BCUT2D eigenvalue weighted by atomic mass is 32.2. The zero-order valence-corrected chi connectivity index (χ0v) is 10.8. The molecule has 0 spiro atoms. The summed E-state index contributed by atoms with van der Waals surface area (Å²) in [7, 11) is -3.25. The third-order valence-corrected chi connectivity index (χ3v) is 4.95. The predicted molar refractivity (Wildman–Crippen MR) is 70.5 cm³/mol. The predicted octanol–water partition coefficient (Wildman–Crippen LogP) is 1.03. The molecule has 2 aliphatic rings. The highest BCUT2D eigenvalue weighted by Crippen LogP contribution is 2.34. The van der Waals surface area contributed by atoms with Crippen molar-refractivity contribution < 1.29 is 8.42 Å². The first-order chi connectivity index (χ1) is 8.60. The zero-order valence-electron chi connectivity index (χ0n) is 10.0. The van der Waals surface area contributed by atoms with Gasteiger partial charge in [0.15, 0.2) is 0 Å². The van der Waals surface area contributed by atoms with Crippen molar-refractivity contribution in [2.45, 2.75) is 30.3 Å². The summed E-state index contributed by atoms with van der Waals surface area (Å²) in [6.07, 6.45) is 2.38. The van der Waals surface area contributed by atoms with Crippen molar-refractivity contribution in [3.05, 3.63) is 34.7 Å². The van der Waals surface area contributed by atoms with Gasteiger partial charge < -0.3 is 11.1 Å². The number of benzene rings is 1. The Hall–Kier alpha value is -1.17. The normalized spacial score (nSPS) is 20.6. The summed E-state index contributed by atoms with van der Waals surface area (Å²) < 4.78 is 24.0. The molecule has 0 unspecified atom stereocenters. The quantitative estimate of drug-likeness (QED) is 0.852. The van der Waals surface area contributed by atoms with Crippen LogP contribution in [0.1, 0.15) is 24.0 Å². The molecule has 1 saturated carbocycles. The maximum atomic E-state index is 12.0. The van der Waals surface area contributed by atoms with Crippen molar-refractivity contribution in [3.8, 4) is 0 Å². The molecule has 0 radical (unpaired) electrons. The second kappa shape index (κ2) is 4.19. The van der Waals surface area contributed by atoms with E-state index >= 15 is 0 Å². The smallest absolute Gasteiger partial charge is 0.200 e. The maximum absolute atomic E-state index is 12.0. The van der Waals surface area contributed by atoms with Crippen LogP contribution in [0.3, 0.4) is 0 Å². The molecule has 1 aromatic rings. The van der Waals surface area contributed by atoms with E-state index in [2.05, 4.69) is 5.32 Å². The van der Waals surface area contributed by atoms with Crippen molar-refractivity contribution in [1.29, 1.82) is 0 Å². The van der Waals surface area contributed by atoms with Gasteiger partial charge in [0.2, 0.25) is 9.84 Å². The molecular formula is C13H16N2O2S. The molecule has 0 amide bonds. The van der Waals surface area contributed by atoms with Gasteiger partial charge in [0.05, 0.1) is 4.90 Å². The van der Waals surface area contributed by atoms with Gasteiger partial charge in [-0.15, -0.1) is 0 Å². The Bertz CT molecular complexity index is 616. The largest absolute Gasteiger partial charge is 0.326 e. The topological polar surface area (TPSA) is 72.2 Å². The summed E-state index contributed by atoms with van der Waals surface area (Å²) in [5, 5.41) is 4.73. The van der Waals surface area contributed by atoms with E-state index < -0.39 is 9.84 Å². The van der Waals surface area contributed by atoms with Gasteiger partial charge in [-0.1, -0.05) is 6.07 Å². The summed E-state index contributed by atoms with van der Waals surface area (Å²) >= 11 is 0. The van der Waals surface area contributed by atoms with Crippen molar-refractivity contribution in [2.75, 3.05) is 6.54 Å². The lowest BCUT2D eigenvalue weighted by atomic mass is 10.0. The number of hydrogen-bond donors (Lipinski definition) is 2. The molecule has 18 heavy (non-hydrogen) atoms. The second-order valence-electron chi connectivity index (χ2n) is 4.88. The van der Waals surface area contributed by atoms with Gasteiger partial charge in [0.1, 0.15) is 0 Å². The van der Waals surface area contributed by atoms with E-state index in [0.717, 1.165) is 16.7 Å². The minimum Gasteiger partial charge on any atom is -0.326 e. The number of sulfone groups is 1.